The topological polar surface area (TPSA) is 76.2 Å². The smallest absolute Gasteiger partial charge is 0.243 e. The van der Waals surface area contributed by atoms with Crippen molar-refractivity contribution < 1.29 is 22.7 Å². The van der Waals surface area contributed by atoms with Crippen molar-refractivity contribution in [3.8, 4) is 11.5 Å². The number of carbonyl (C=O) groups is 1. The summed E-state index contributed by atoms with van der Waals surface area (Å²) in [5, 5.41) is 0. The Balaban J connectivity index is 1.47. The normalized spacial score (nSPS) is 15.3. The predicted octanol–water partition coefficient (Wildman–Crippen LogP) is 3.18. The summed E-state index contributed by atoms with van der Waals surface area (Å²) in [5.41, 5.74) is 0.799. The standard InChI is InChI=1S/C25H26N2O5S/c1-26(17-21-19-31-23-14-8-9-15-24(23)32-21)25(28)18-27(16-20-10-4-2-5-11-20)33(29,30)22-12-6-3-7-13-22/h2-15,21H,16-19H2,1H3/t21-/m0/s1. The van der Waals surface area contributed by atoms with E-state index in [4.69, 9.17) is 9.47 Å². The minimum absolute atomic E-state index is 0.0913. The second kappa shape index (κ2) is 10.1. The van der Waals surface area contributed by atoms with E-state index >= 15 is 0 Å². The quantitative estimate of drug-likeness (QED) is 0.510. The van der Waals surface area contributed by atoms with Crippen molar-refractivity contribution >= 4 is 15.9 Å². The SMILES string of the molecule is CN(C[C@H]1COc2ccccc2O1)C(=O)CN(Cc1ccccc1)S(=O)(=O)c1ccccc1. The molecule has 0 saturated carbocycles. The maximum atomic E-state index is 13.3. The van der Waals surface area contributed by atoms with E-state index < -0.39 is 10.0 Å². The summed E-state index contributed by atoms with van der Waals surface area (Å²) >= 11 is 0. The van der Waals surface area contributed by atoms with Gasteiger partial charge in [0, 0.05) is 13.6 Å². The summed E-state index contributed by atoms with van der Waals surface area (Å²) in [4.78, 5) is 14.7. The Morgan fingerprint density at radius 3 is 2.21 bits per heavy atom. The van der Waals surface area contributed by atoms with Crippen molar-refractivity contribution in [3.05, 3.63) is 90.5 Å². The van der Waals surface area contributed by atoms with Crippen LogP contribution in [0, 0.1) is 0 Å². The monoisotopic (exact) mass is 466 g/mol. The van der Waals surface area contributed by atoms with Gasteiger partial charge in [-0.1, -0.05) is 60.7 Å². The molecule has 4 rings (SSSR count). The van der Waals surface area contributed by atoms with Gasteiger partial charge in [-0.2, -0.15) is 4.31 Å². The Bertz CT molecular complexity index is 1190. The van der Waals surface area contributed by atoms with Gasteiger partial charge in [-0.3, -0.25) is 4.79 Å². The average molecular weight is 467 g/mol. The number of rotatable bonds is 8. The number of likely N-dealkylation sites (N-methyl/N-ethyl adjacent to an activating group) is 1. The molecule has 0 fully saturated rings. The summed E-state index contributed by atoms with van der Waals surface area (Å²) in [5.74, 6) is 0.977. The van der Waals surface area contributed by atoms with Crippen molar-refractivity contribution in [1.82, 2.24) is 9.21 Å². The van der Waals surface area contributed by atoms with Gasteiger partial charge in [0.2, 0.25) is 15.9 Å². The lowest BCUT2D eigenvalue weighted by Gasteiger charge is -2.30. The Hall–Kier alpha value is -3.36. The summed E-state index contributed by atoms with van der Waals surface area (Å²) in [6, 6.07) is 24.8. The molecule has 0 aliphatic carbocycles. The number of nitrogens with zero attached hydrogens (tertiary/aromatic N) is 2. The Morgan fingerprint density at radius 2 is 1.52 bits per heavy atom. The molecule has 172 valence electrons. The van der Waals surface area contributed by atoms with Crippen LogP contribution in [-0.2, 0) is 21.4 Å². The molecule has 1 aliphatic heterocycles. The number of benzene rings is 3. The zero-order chi connectivity index (χ0) is 23.3. The third-order valence-corrected chi connectivity index (χ3v) is 7.17. The number of hydrogen-bond donors (Lipinski definition) is 0. The van der Waals surface area contributed by atoms with E-state index in [1.165, 1.54) is 21.3 Å². The van der Waals surface area contributed by atoms with Crippen LogP contribution in [0.5, 0.6) is 11.5 Å². The first-order valence-corrected chi connectivity index (χ1v) is 12.1. The minimum Gasteiger partial charge on any atom is -0.486 e. The Labute approximate surface area is 194 Å². The van der Waals surface area contributed by atoms with E-state index in [1.54, 1.807) is 25.2 Å². The van der Waals surface area contributed by atoms with Gasteiger partial charge in [0.1, 0.15) is 6.61 Å². The fourth-order valence-corrected chi connectivity index (χ4v) is 4.98. The minimum atomic E-state index is -3.87. The molecule has 0 saturated heterocycles. The predicted molar refractivity (Wildman–Crippen MR) is 124 cm³/mol. The molecule has 0 unspecified atom stereocenters. The zero-order valence-electron chi connectivity index (χ0n) is 18.3. The van der Waals surface area contributed by atoms with Gasteiger partial charge in [0.15, 0.2) is 17.6 Å². The lowest BCUT2D eigenvalue weighted by atomic mass is 10.2. The highest BCUT2D eigenvalue weighted by molar-refractivity contribution is 7.89. The number of sulfonamides is 1. The van der Waals surface area contributed by atoms with Crippen molar-refractivity contribution in [2.45, 2.75) is 17.5 Å². The van der Waals surface area contributed by atoms with Crippen LogP contribution in [0.15, 0.2) is 89.8 Å². The lowest BCUT2D eigenvalue weighted by Crippen LogP contribution is -2.46. The third-order valence-electron chi connectivity index (χ3n) is 5.37. The van der Waals surface area contributed by atoms with Crippen LogP contribution < -0.4 is 9.47 Å². The summed E-state index contributed by atoms with van der Waals surface area (Å²) in [7, 11) is -2.23. The molecule has 1 atom stereocenters. The fourth-order valence-electron chi connectivity index (χ4n) is 3.59. The third kappa shape index (κ3) is 5.53. The van der Waals surface area contributed by atoms with Gasteiger partial charge in [-0.25, -0.2) is 8.42 Å². The van der Waals surface area contributed by atoms with Crippen molar-refractivity contribution in [3.63, 3.8) is 0 Å². The van der Waals surface area contributed by atoms with Crippen LogP contribution in [0.25, 0.3) is 0 Å². The number of para-hydroxylation sites is 2. The second-order valence-corrected chi connectivity index (χ2v) is 9.78. The highest BCUT2D eigenvalue weighted by atomic mass is 32.2. The van der Waals surface area contributed by atoms with Gasteiger partial charge in [0.25, 0.3) is 0 Å². The van der Waals surface area contributed by atoms with E-state index in [-0.39, 0.29) is 36.5 Å². The molecule has 0 bridgehead atoms. The van der Waals surface area contributed by atoms with Crippen LogP contribution in [0.2, 0.25) is 0 Å². The number of hydrogen-bond acceptors (Lipinski definition) is 5. The molecule has 1 amide bonds. The van der Waals surface area contributed by atoms with Crippen LogP contribution in [0.4, 0.5) is 0 Å². The van der Waals surface area contributed by atoms with E-state index in [0.717, 1.165) is 5.56 Å². The first-order chi connectivity index (χ1) is 15.9. The van der Waals surface area contributed by atoms with Crippen LogP contribution in [0.1, 0.15) is 5.56 Å². The van der Waals surface area contributed by atoms with E-state index in [9.17, 15) is 13.2 Å². The molecule has 0 N–H and O–H groups in total. The van der Waals surface area contributed by atoms with E-state index in [0.29, 0.717) is 18.1 Å². The van der Waals surface area contributed by atoms with Crippen LogP contribution in [-0.4, -0.2) is 56.4 Å². The van der Waals surface area contributed by atoms with Crippen LogP contribution >= 0.6 is 0 Å². The van der Waals surface area contributed by atoms with Gasteiger partial charge >= 0.3 is 0 Å². The van der Waals surface area contributed by atoms with Gasteiger partial charge in [-0.05, 0) is 29.8 Å². The molecule has 3 aromatic rings. The molecule has 0 spiro atoms. The molecule has 1 aliphatic rings. The average Bonchev–Trinajstić information content (AvgIpc) is 2.84. The molecule has 8 heteroatoms. The van der Waals surface area contributed by atoms with Gasteiger partial charge < -0.3 is 14.4 Å². The molecule has 1 heterocycles. The van der Waals surface area contributed by atoms with E-state index in [2.05, 4.69) is 0 Å². The maximum absolute atomic E-state index is 13.3. The van der Waals surface area contributed by atoms with Gasteiger partial charge in [0.05, 0.1) is 18.0 Å². The van der Waals surface area contributed by atoms with E-state index in [1.807, 2.05) is 54.6 Å². The summed E-state index contributed by atoms with van der Waals surface area (Å²) in [6.45, 7) is 0.392. The van der Waals surface area contributed by atoms with Crippen molar-refractivity contribution in [2.24, 2.45) is 0 Å². The first-order valence-electron chi connectivity index (χ1n) is 10.6. The Kier molecular flexibility index (Phi) is 6.96. The summed E-state index contributed by atoms with van der Waals surface area (Å²) < 4.78 is 39.5. The number of carbonyl (C=O) groups excluding carboxylic acids is 1. The number of amides is 1. The van der Waals surface area contributed by atoms with Gasteiger partial charge in [-0.15, -0.1) is 0 Å². The molecular weight excluding hydrogens is 440 g/mol. The number of fused-ring (bicyclic) bond motifs is 1. The highest BCUT2D eigenvalue weighted by Gasteiger charge is 2.29. The molecule has 0 aromatic heterocycles. The van der Waals surface area contributed by atoms with Crippen molar-refractivity contribution in [2.75, 3.05) is 26.7 Å². The molecule has 3 aromatic carbocycles. The largest absolute Gasteiger partial charge is 0.486 e. The molecule has 7 nitrogen and oxygen atoms in total. The molecular formula is C25H26N2O5S. The maximum Gasteiger partial charge on any atom is 0.243 e. The summed E-state index contributed by atoms with van der Waals surface area (Å²) in [6.07, 6.45) is -0.345. The second-order valence-electron chi connectivity index (χ2n) is 7.84. The lowest BCUT2D eigenvalue weighted by molar-refractivity contribution is -0.131. The first kappa shape index (κ1) is 22.8. The zero-order valence-corrected chi connectivity index (χ0v) is 19.1. The van der Waals surface area contributed by atoms with Crippen LogP contribution in [0.3, 0.4) is 0 Å². The Morgan fingerprint density at radius 1 is 0.909 bits per heavy atom. The highest BCUT2D eigenvalue weighted by Crippen LogP contribution is 2.31. The fraction of sp³-hybridized carbons (Fsp3) is 0.240. The number of ether oxygens (including phenoxy) is 2. The molecule has 33 heavy (non-hydrogen) atoms. The molecule has 0 radical (unpaired) electrons. The van der Waals surface area contributed by atoms with Crippen molar-refractivity contribution in [1.29, 1.82) is 0 Å².